The third-order valence-electron chi connectivity index (χ3n) is 4.21. The second-order valence-electron chi connectivity index (χ2n) is 6.09. The minimum atomic E-state index is -0.713. The fourth-order valence-electron chi connectivity index (χ4n) is 2.98. The molecule has 22 heavy (non-hydrogen) atoms. The van der Waals surface area contributed by atoms with Gasteiger partial charge in [0.25, 0.3) is 5.91 Å². The van der Waals surface area contributed by atoms with E-state index in [9.17, 15) is 4.79 Å². The molecule has 2 atom stereocenters. The maximum atomic E-state index is 12.6. The number of anilines is 1. The molecule has 1 amide bonds. The van der Waals surface area contributed by atoms with Gasteiger partial charge in [0, 0.05) is 13.2 Å². The number of carbonyl (C=O) groups is 1. The predicted molar refractivity (Wildman–Crippen MR) is 86.0 cm³/mol. The summed E-state index contributed by atoms with van der Waals surface area (Å²) in [5.41, 5.74) is -0.0433. The van der Waals surface area contributed by atoms with Crippen LogP contribution in [0, 0.1) is 5.92 Å². The Morgan fingerprint density at radius 1 is 1.50 bits per heavy atom. The molecule has 1 saturated carbocycles. The Kier molecular flexibility index (Phi) is 5.77. The van der Waals surface area contributed by atoms with E-state index < -0.39 is 5.60 Å². The lowest BCUT2D eigenvalue weighted by molar-refractivity contribution is -0.143. The normalized spacial score (nSPS) is 24.8. The minimum Gasteiger partial charge on any atom is -0.478 e. The van der Waals surface area contributed by atoms with E-state index >= 15 is 0 Å². The molecule has 2 unspecified atom stereocenters. The van der Waals surface area contributed by atoms with E-state index in [2.05, 4.69) is 17.2 Å². The number of hydrogen-bond donors (Lipinski definition) is 1. The second-order valence-corrected chi connectivity index (χ2v) is 6.09. The standard InChI is InChI=1S/C17H26N2O3/c1-4-10-22-15-8-7-14(12-18-15)19-16(20)17(21-3)9-5-6-13(2)11-17/h7-8,12-13H,4-6,9-11H2,1-3H3,(H,19,20). The van der Waals surface area contributed by atoms with E-state index in [1.54, 1.807) is 19.4 Å². The number of rotatable bonds is 6. The summed E-state index contributed by atoms with van der Waals surface area (Å²) in [6, 6.07) is 3.58. The molecular formula is C17H26N2O3. The molecule has 5 nitrogen and oxygen atoms in total. The lowest BCUT2D eigenvalue weighted by atomic mass is 9.78. The van der Waals surface area contributed by atoms with Crippen LogP contribution in [-0.2, 0) is 9.53 Å². The van der Waals surface area contributed by atoms with Crippen LogP contribution in [0.2, 0.25) is 0 Å². The summed E-state index contributed by atoms with van der Waals surface area (Å²) in [4.78, 5) is 16.8. The molecule has 0 bridgehead atoms. The van der Waals surface area contributed by atoms with E-state index in [-0.39, 0.29) is 5.91 Å². The highest BCUT2D eigenvalue weighted by Gasteiger charge is 2.41. The van der Waals surface area contributed by atoms with Crippen molar-refractivity contribution >= 4 is 11.6 Å². The van der Waals surface area contributed by atoms with Crippen molar-refractivity contribution in [3.05, 3.63) is 18.3 Å². The van der Waals surface area contributed by atoms with Gasteiger partial charge in [-0.3, -0.25) is 4.79 Å². The Hall–Kier alpha value is -1.62. The Bertz CT molecular complexity index is 489. The smallest absolute Gasteiger partial charge is 0.256 e. The number of hydrogen-bond acceptors (Lipinski definition) is 4. The average molecular weight is 306 g/mol. The monoisotopic (exact) mass is 306 g/mol. The first-order valence-corrected chi connectivity index (χ1v) is 8.05. The van der Waals surface area contributed by atoms with Gasteiger partial charge in [-0.05, 0) is 37.7 Å². The van der Waals surface area contributed by atoms with E-state index in [1.165, 1.54) is 0 Å². The minimum absolute atomic E-state index is 0.0782. The lowest BCUT2D eigenvalue weighted by Crippen LogP contribution is -2.47. The highest BCUT2D eigenvalue weighted by molar-refractivity contribution is 5.97. The van der Waals surface area contributed by atoms with Gasteiger partial charge in [0.15, 0.2) is 0 Å². The van der Waals surface area contributed by atoms with Crippen molar-refractivity contribution in [3.63, 3.8) is 0 Å². The van der Waals surface area contributed by atoms with Crippen LogP contribution in [0.1, 0.15) is 46.0 Å². The molecule has 1 aromatic rings. The molecule has 0 radical (unpaired) electrons. The molecule has 1 aliphatic rings. The van der Waals surface area contributed by atoms with Crippen LogP contribution in [0.15, 0.2) is 18.3 Å². The molecule has 0 saturated heterocycles. The topological polar surface area (TPSA) is 60.5 Å². The van der Waals surface area contributed by atoms with Crippen LogP contribution >= 0.6 is 0 Å². The Morgan fingerprint density at radius 2 is 2.32 bits per heavy atom. The summed E-state index contributed by atoms with van der Waals surface area (Å²) in [6.45, 7) is 4.86. The quantitative estimate of drug-likeness (QED) is 0.875. The number of carbonyl (C=O) groups excluding carboxylic acids is 1. The first-order chi connectivity index (χ1) is 10.6. The fraction of sp³-hybridized carbons (Fsp3) is 0.647. The zero-order chi connectivity index (χ0) is 16.0. The summed E-state index contributed by atoms with van der Waals surface area (Å²) < 4.78 is 11.0. The highest BCUT2D eigenvalue weighted by atomic mass is 16.5. The zero-order valence-electron chi connectivity index (χ0n) is 13.7. The lowest BCUT2D eigenvalue weighted by Gasteiger charge is -2.37. The van der Waals surface area contributed by atoms with Crippen LogP contribution < -0.4 is 10.1 Å². The van der Waals surface area contributed by atoms with Gasteiger partial charge in [-0.25, -0.2) is 4.98 Å². The van der Waals surface area contributed by atoms with Crippen LogP contribution in [0.3, 0.4) is 0 Å². The van der Waals surface area contributed by atoms with Crippen molar-refractivity contribution in [2.24, 2.45) is 5.92 Å². The Labute approximate surface area is 132 Å². The molecule has 122 valence electrons. The largest absolute Gasteiger partial charge is 0.478 e. The number of ether oxygens (including phenoxy) is 2. The average Bonchev–Trinajstić information content (AvgIpc) is 2.54. The van der Waals surface area contributed by atoms with Gasteiger partial charge in [0.05, 0.1) is 18.5 Å². The molecule has 1 N–H and O–H groups in total. The summed E-state index contributed by atoms with van der Waals surface area (Å²) >= 11 is 0. The molecule has 0 aliphatic heterocycles. The summed E-state index contributed by atoms with van der Waals surface area (Å²) in [6.07, 6.45) is 6.27. The molecule has 0 aromatic carbocycles. The third-order valence-corrected chi connectivity index (χ3v) is 4.21. The van der Waals surface area contributed by atoms with Crippen molar-refractivity contribution in [3.8, 4) is 5.88 Å². The molecule has 1 aliphatic carbocycles. The van der Waals surface area contributed by atoms with Crippen LogP contribution in [-0.4, -0.2) is 30.2 Å². The first kappa shape index (κ1) is 16.7. The second kappa shape index (κ2) is 7.58. The molecular weight excluding hydrogens is 280 g/mol. The van der Waals surface area contributed by atoms with Crippen molar-refractivity contribution < 1.29 is 14.3 Å². The van der Waals surface area contributed by atoms with Crippen LogP contribution in [0.4, 0.5) is 5.69 Å². The Balaban J connectivity index is 2.00. The van der Waals surface area contributed by atoms with Gasteiger partial charge >= 0.3 is 0 Å². The van der Waals surface area contributed by atoms with Crippen molar-refractivity contribution in [1.29, 1.82) is 0 Å². The van der Waals surface area contributed by atoms with Crippen LogP contribution in [0.5, 0.6) is 5.88 Å². The molecule has 0 spiro atoms. The SMILES string of the molecule is CCCOc1ccc(NC(=O)C2(OC)CCCC(C)C2)cn1. The van der Waals surface area contributed by atoms with E-state index in [0.29, 0.717) is 24.1 Å². The maximum Gasteiger partial charge on any atom is 0.256 e. The number of methoxy groups -OCH3 is 1. The molecule has 5 heteroatoms. The Morgan fingerprint density at radius 3 is 2.91 bits per heavy atom. The summed E-state index contributed by atoms with van der Waals surface area (Å²) in [5, 5.41) is 2.93. The van der Waals surface area contributed by atoms with E-state index in [4.69, 9.17) is 9.47 Å². The number of pyridine rings is 1. The number of nitrogens with zero attached hydrogens (tertiary/aromatic N) is 1. The molecule has 1 fully saturated rings. The van der Waals surface area contributed by atoms with E-state index in [1.807, 2.05) is 13.0 Å². The highest BCUT2D eigenvalue weighted by Crippen LogP contribution is 2.35. The third kappa shape index (κ3) is 3.97. The van der Waals surface area contributed by atoms with E-state index in [0.717, 1.165) is 32.1 Å². The number of aromatic nitrogens is 1. The zero-order valence-corrected chi connectivity index (χ0v) is 13.7. The molecule has 1 heterocycles. The molecule has 1 aromatic heterocycles. The van der Waals surface area contributed by atoms with Crippen molar-refractivity contribution in [2.75, 3.05) is 19.0 Å². The van der Waals surface area contributed by atoms with Gasteiger partial charge in [-0.2, -0.15) is 0 Å². The van der Waals surface area contributed by atoms with Crippen molar-refractivity contribution in [2.45, 2.75) is 51.6 Å². The van der Waals surface area contributed by atoms with Gasteiger partial charge in [-0.15, -0.1) is 0 Å². The van der Waals surface area contributed by atoms with Crippen molar-refractivity contribution in [1.82, 2.24) is 4.98 Å². The maximum absolute atomic E-state index is 12.6. The number of amides is 1. The summed E-state index contributed by atoms with van der Waals surface area (Å²) in [5.74, 6) is 1.00. The predicted octanol–water partition coefficient (Wildman–Crippen LogP) is 3.40. The van der Waals surface area contributed by atoms with Gasteiger partial charge in [0.1, 0.15) is 5.60 Å². The van der Waals surface area contributed by atoms with Gasteiger partial charge in [-0.1, -0.05) is 20.3 Å². The summed E-state index contributed by atoms with van der Waals surface area (Å²) in [7, 11) is 1.62. The fourth-order valence-corrected chi connectivity index (χ4v) is 2.98. The number of nitrogens with one attached hydrogen (secondary N) is 1. The van der Waals surface area contributed by atoms with Gasteiger partial charge in [0.2, 0.25) is 5.88 Å². The van der Waals surface area contributed by atoms with Gasteiger partial charge < -0.3 is 14.8 Å². The van der Waals surface area contributed by atoms with Crippen LogP contribution in [0.25, 0.3) is 0 Å². The first-order valence-electron chi connectivity index (χ1n) is 8.05. The molecule has 2 rings (SSSR count).